The van der Waals surface area contributed by atoms with Crippen molar-refractivity contribution in [1.29, 1.82) is 0 Å². The lowest BCUT2D eigenvalue weighted by molar-refractivity contribution is 0.468. The molecule has 0 bridgehead atoms. The van der Waals surface area contributed by atoms with E-state index in [1.165, 1.54) is 0 Å². The molecule has 1 aliphatic rings. The fourth-order valence-corrected chi connectivity index (χ4v) is 1.58. The van der Waals surface area contributed by atoms with Gasteiger partial charge in [-0.15, -0.1) is 5.10 Å². The molecule has 0 aromatic carbocycles. The molecule has 2 rings (SSSR count). The molecule has 0 aliphatic carbocycles. The van der Waals surface area contributed by atoms with Crippen LogP contribution in [0.5, 0.6) is 0 Å². The molecule has 4 nitrogen and oxygen atoms in total. The summed E-state index contributed by atoms with van der Waals surface area (Å²) in [5, 5.41) is 7.43. The Morgan fingerprint density at radius 2 is 2.50 bits per heavy atom. The van der Waals surface area contributed by atoms with Crippen molar-refractivity contribution in [3.63, 3.8) is 0 Å². The number of hydrogen-bond donors (Lipinski definition) is 1. The molecule has 0 unspecified atom stereocenters. The highest BCUT2D eigenvalue weighted by atomic mass is 127. The number of aromatic nitrogens is 3. The summed E-state index contributed by atoms with van der Waals surface area (Å²) in [5.74, 6) is 1.05. The molecule has 10 heavy (non-hydrogen) atoms. The summed E-state index contributed by atoms with van der Waals surface area (Å²) < 4.78 is 2.80. The molecule has 0 amide bonds. The average Bonchev–Trinajstić information content (AvgIpc) is 2.27. The van der Waals surface area contributed by atoms with Crippen molar-refractivity contribution < 1.29 is 0 Å². The molecule has 0 atom stereocenters. The van der Waals surface area contributed by atoms with Gasteiger partial charge in [0.2, 0.25) is 3.83 Å². The van der Waals surface area contributed by atoms with E-state index in [0.29, 0.717) is 0 Å². The predicted octanol–water partition coefficient (Wildman–Crippen LogP) is -0.0141. The summed E-state index contributed by atoms with van der Waals surface area (Å²) in [4.78, 5) is 4.23. The van der Waals surface area contributed by atoms with E-state index in [0.717, 1.165) is 29.3 Å². The molecule has 0 spiro atoms. The fourth-order valence-electron chi connectivity index (χ4n) is 1.04. The van der Waals surface area contributed by atoms with Gasteiger partial charge in [-0.2, -0.15) is 0 Å². The van der Waals surface area contributed by atoms with Crippen LogP contribution in [-0.2, 0) is 13.1 Å². The van der Waals surface area contributed by atoms with Gasteiger partial charge in [0.1, 0.15) is 5.82 Å². The number of rotatable bonds is 0. The SMILES string of the molecule is Ic1nc2n(n1)CCNC2. The molecular formula is C5H7IN4. The maximum absolute atomic E-state index is 4.23. The van der Waals surface area contributed by atoms with Gasteiger partial charge in [0.25, 0.3) is 0 Å². The van der Waals surface area contributed by atoms with Crippen LogP contribution in [0.25, 0.3) is 0 Å². The molecular weight excluding hydrogens is 243 g/mol. The molecule has 1 aromatic rings. The summed E-state index contributed by atoms with van der Waals surface area (Å²) >= 11 is 2.13. The Hall–Kier alpha value is -0.170. The predicted molar refractivity (Wildman–Crippen MR) is 44.4 cm³/mol. The first-order valence-electron chi connectivity index (χ1n) is 3.16. The lowest BCUT2D eigenvalue weighted by Gasteiger charge is -2.11. The second-order valence-corrected chi connectivity index (χ2v) is 3.16. The maximum atomic E-state index is 4.23. The van der Waals surface area contributed by atoms with Gasteiger partial charge < -0.3 is 5.32 Å². The van der Waals surface area contributed by atoms with Gasteiger partial charge in [-0.1, -0.05) is 0 Å². The Balaban J connectivity index is 2.41. The summed E-state index contributed by atoms with van der Waals surface area (Å²) in [6, 6.07) is 0. The lowest BCUT2D eigenvalue weighted by Crippen LogP contribution is -2.28. The molecule has 5 heteroatoms. The van der Waals surface area contributed by atoms with E-state index in [4.69, 9.17) is 0 Å². The standard InChI is InChI=1S/C5H7IN4/c6-5-8-4-3-7-1-2-10(4)9-5/h7H,1-3H2. The van der Waals surface area contributed by atoms with Crippen LogP contribution in [0.2, 0.25) is 0 Å². The lowest BCUT2D eigenvalue weighted by atomic mass is 10.4. The third kappa shape index (κ3) is 1.03. The van der Waals surface area contributed by atoms with E-state index in [-0.39, 0.29) is 0 Å². The van der Waals surface area contributed by atoms with Crippen molar-refractivity contribution in [2.75, 3.05) is 6.54 Å². The molecule has 0 saturated carbocycles. The normalized spacial score (nSPS) is 16.9. The van der Waals surface area contributed by atoms with E-state index in [1.807, 2.05) is 4.68 Å². The van der Waals surface area contributed by atoms with E-state index >= 15 is 0 Å². The number of nitrogens with one attached hydrogen (secondary N) is 1. The van der Waals surface area contributed by atoms with Crippen molar-refractivity contribution in [3.8, 4) is 0 Å². The van der Waals surface area contributed by atoms with Gasteiger partial charge in [0, 0.05) is 29.1 Å². The van der Waals surface area contributed by atoms with Gasteiger partial charge >= 0.3 is 0 Å². The van der Waals surface area contributed by atoms with Crippen molar-refractivity contribution in [2.45, 2.75) is 13.1 Å². The Morgan fingerprint density at radius 3 is 3.30 bits per heavy atom. The van der Waals surface area contributed by atoms with Crippen LogP contribution in [0.15, 0.2) is 0 Å². The average molecular weight is 250 g/mol. The van der Waals surface area contributed by atoms with Gasteiger partial charge in [0.15, 0.2) is 0 Å². The Kier molecular flexibility index (Phi) is 1.61. The number of halogens is 1. The largest absolute Gasteiger partial charge is 0.308 e. The van der Waals surface area contributed by atoms with Gasteiger partial charge in [0.05, 0.1) is 13.1 Å². The summed E-state index contributed by atoms with van der Waals surface area (Å²) in [6.45, 7) is 2.81. The quantitative estimate of drug-likeness (QED) is 0.658. The highest BCUT2D eigenvalue weighted by Gasteiger charge is 2.10. The number of hydrogen-bond acceptors (Lipinski definition) is 3. The monoisotopic (exact) mass is 250 g/mol. The maximum Gasteiger partial charge on any atom is 0.211 e. The topological polar surface area (TPSA) is 42.7 Å². The second kappa shape index (κ2) is 2.46. The smallest absolute Gasteiger partial charge is 0.211 e. The van der Waals surface area contributed by atoms with Crippen LogP contribution in [0, 0.1) is 3.83 Å². The molecule has 0 saturated heterocycles. The highest BCUT2D eigenvalue weighted by Crippen LogP contribution is 2.03. The van der Waals surface area contributed by atoms with Crippen molar-refractivity contribution in [1.82, 2.24) is 20.1 Å². The zero-order valence-corrected chi connectivity index (χ0v) is 7.50. The van der Waals surface area contributed by atoms with Crippen molar-refractivity contribution in [3.05, 3.63) is 9.66 Å². The van der Waals surface area contributed by atoms with Crippen LogP contribution in [-0.4, -0.2) is 21.3 Å². The zero-order valence-electron chi connectivity index (χ0n) is 5.34. The van der Waals surface area contributed by atoms with E-state index in [9.17, 15) is 0 Å². The third-order valence-corrected chi connectivity index (χ3v) is 1.96. The minimum atomic E-state index is 0.844. The number of fused-ring (bicyclic) bond motifs is 1. The van der Waals surface area contributed by atoms with Gasteiger partial charge in [-0.05, 0) is 0 Å². The Morgan fingerprint density at radius 1 is 1.60 bits per heavy atom. The molecule has 1 N–H and O–H groups in total. The van der Waals surface area contributed by atoms with Crippen LogP contribution < -0.4 is 5.32 Å². The third-order valence-electron chi connectivity index (χ3n) is 1.51. The summed E-state index contributed by atoms with van der Waals surface area (Å²) in [7, 11) is 0. The number of nitrogens with zero attached hydrogens (tertiary/aromatic N) is 3. The Labute approximate surface area is 72.2 Å². The van der Waals surface area contributed by atoms with E-state index in [1.54, 1.807) is 0 Å². The fraction of sp³-hybridized carbons (Fsp3) is 0.600. The second-order valence-electron chi connectivity index (χ2n) is 2.20. The van der Waals surface area contributed by atoms with Gasteiger partial charge in [-0.25, -0.2) is 9.67 Å². The van der Waals surface area contributed by atoms with Gasteiger partial charge in [-0.3, -0.25) is 0 Å². The molecule has 0 fully saturated rings. The first kappa shape index (κ1) is 6.53. The molecule has 1 aromatic heterocycles. The summed E-state index contributed by atoms with van der Waals surface area (Å²) in [6.07, 6.45) is 0. The molecule has 54 valence electrons. The zero-order chi connectivity index (χ0) is 6.97. The molecule has 2 heterocycles. The minimum Gasteiger partial charge on any atom is -0.308 e. The van der Waals surface area contributed by atoms with Crippen molar-refractivity contribution >= 4 is 22.6 Å². The van der Waals surface area contributed by atoms with Crippen LogP contribution in [0.1, 0.15) is 5.82 Å². The Bertz CT molecular complexity index is 220. The molecule has 1 aliphatic heterocycles. The summed E-state index contributed by atoms with van der Waals surface area (Å²) in [5.41, 5.74) is 0. The van der Waals surface area contributed by atoms with Crippen LogP contribution >= 0.6 is 22.6 Å². The van der Waals surface area contributed by atoms with Crippen molar-refractivity contribution in [2.24, 2.45) is 0 Å². The highest BCUT2D eigenvalue weighted by molar-refractivity contribution is 14.1. The van der Waals surface area contributed by atoms with E-state index < -0.39 is 0 Å². The first-order valence-corrected chi connectivity index (χ1v) is 4.24. The minimum absolute atomic E-state index is 0.844. The van der Waals surface area contributed by atoms with Crippen LogP contribution in [0.4, 0.5) is 0 Å². The molecule has 0 radical (unpaired) electrons. The van der Waals surface area contributed by atoms with E-state index in [2.05, 4.69) is 38.0 Å². The van der Waals surface area contributed by atoms with Crippen LogP contribution in [0.3, 0.4) is 0 Å². The first-order chi connectivity index (χ1) is 4.86.